The summed E-state index contributed by atoms with van der Waals surface area (Å²) in [6, 6.07) is 9.81. The predicted octanol–water partition coefficient (Wildman–Crippen LogP) is 3.48. The molecule has 0 aliphatic rings. The lowest BCUT2D eigenvalue weighted by Crippen LogP contribution is -2.31. The Morgan fingerprint density at radius 1 is 1.07 bits per heavy atom. The highest BCUT2D eigenvalue weighted by atomic mass is 35.5. The van der Waals surface area contributed by atoms with Crippen molar-refractivity contribution in [3.63, 3.8) is 0 Å². The fourth-order valence-corrected chi connectivity index (χ4v) is 3.85. The van der Waals surface area contributed by atoms with Gasteiger partial charge in [-0.05, 0) is 56.3 Å². The lowest BCUT2D eigenvalue weighted by molar-refractivity contribution is -0.146. The van der Waals surface area contributed by atoms with Crippen molar-refractivity contribution in [3.8, 4) is 0 Å². The normalized spacial score (nSPS) is 11.2. The Kier molecular flexibility index (Phi) is 7.29. The third-order valence-electron chi connectivity index (χ3n) is 3.34. The molecule has 0 saturated heterocycles. The summed E-state index contributed by atoms with van der Waals surface area (Å²) < 4.78 is 32.6. The molecule has 0 fully saturated rings. The number of halogens is 2. The average Bonchev–Trinajstić information content (AvgIpc) is 2.61. The first-order valence-corrected chi connectivity index (χ1v) is 10.4. The average molecular weight is 445 g/mol. The molecule has 0 radical (unpaired) electrons. The van der Waals surface area contributed by atoms with Crippen LogP contribution in [-0.2, 0) is 19.6 Å². The predicted molar refractivity (Wildman–Crippen MR) is 107 cm³/mol. The summed E-state index contributed by atoms with van der Waals surface area (Å²) in [5.41, 5.74) is 0.310. The molecule has 2 aromatic rings. The van der Waals surface area contributed by atoms with Gasteiger partial charge in [0.25, 0.3) is 15.9 Å². The van der Waals surface area contributed by atoms with Crippen molar-refractivity contribution in [2.75, 3.05) is 11.3 Å². The Morgan fingerprint density at radius 2 is 1.71 bits per heavy atom. The lowest BCUT2D eigenvalue weighted by atomic mass is 10.2. The number of carbonyl (C=O) groups excluding carboxylic acids is 2. The summed E-state index contributed by atoms with van der Waals surface area (Å²) >= 11 is 11.8. The van der Waals surface area contributed by atoms with E-state index >= 15 is 0 Å². The standard InChI is InChI=1S/C18H18Cl2N2O5S/c1-11(2)27-17(23)10-21-18(24)12-3-8-15(20)16(9-12)28(25,26)22-14-6-4-13(19)5-7-14/h3-9,11,22H,10H2,1-2H3,(H,21,24). The van der Waals surface area contributed by atoms with Gasteiger partial charge in [0.2, 0.25) is 0 Å². The molecule has 0 saturated carbocycles. The summed E-state index contributed by atoms with van der Waals surface area (Å²) in [4.78, 5) is 23.5. The van der Waals surface area contributed by atoms with Crippen molar-refractivity contribution < 1.29 is 22.7 Å². The molecule has 0 heterocycles. The SMILES string of the molecule is CC(C)OC(=O)CNC(=O)c1ccc(Cl)c(S(=O)(=O)Nc2ccc(Cl)cc2)c1. The highest BCUT2D eigenvalue weighted by Gasteiger charge is 2.21. The van der Waals surface area contributed by atoms with Gasteiger partial charge < -0.3 is 10.1 Å². The fourth-order valence-electron chi connectivity index (χ4n) is 2.14. The summed E-state index contributed by atoms with van der Waals surface area (Å²) in [6.07, 6.45) is -0.310. The zero-order valence-electron chi connectivity index (χ0n) is 15.0. The topological polar surface area (TPSA) is 102 Å². The molecule has 0 unspecified atom stereocenters. The largest absolute Gasteiger partial charge is 0.462 e. The van der Waals surface area contributed by atoms with Gasteiger partial charge in [-0.2, -0.15) is 0 Å². The van der Waals surface area contributed by atoms with Gasteiger partial charge in [-0.1, -0.05) is 23.2 Å². The molecule has 28 heavy (non-hydrogen) atoms. The number of anilines is 1. The molecule has 0 bridgehead atoms. The smallest absolute Gasteiger partial charge is 0.325 e. The van der Waals surface area contributed by atoms with Crippen LogP contribution in [0.3, 0.4) is 0 Å². The van der Waals surface area contributed by atoms with Crippen LogP contribution < -0.4 is 10.0 Å². The molecule has 150 valence electrons. The Bertz CT molecular complexity index is 976. The number of amides is 1. The van der Waals surface area contributed by atoms with E-state index in [0.29, 0.717) is 5.02 Å². The van der Waals surface area contributed by atoms with Gasteiger partial charge in [-0.15, -0.1) is 0 Å². The molecule has 0 atom stereocenters. The summed E-state index contributed by atoms with van der Waals surface area (Å²) in [5.74, 6) is -1.24. The van der Waals surface area contributed by atoms with E-state index in [9.17, 15) is 18.0 Å². The van der Waals surface area contributed by atoms with Crippen LogP contribution in [0.15, 0.2) is 47.4 Å². The zero-order chi connectivity index (χ0) is 20.9. The van der Waals surface area contributed by atoms with Crippen LogP contribution in [0.1, 0.15) is 24.2 Å². The van der Waals surface area contributed by atoms with Gasteiger partial charge in [0.05, 0.1) is 11.1 Å². The summed E-state index contributed by atoms with van der Waals surface area (Å²) in [6.45, 7) is 3.03. The van der Waals surface area contributed by atoms with Gasteiger partial charge in [0.1, 0.15) is 11.4 Å². The van der Waals surface area contributed by atoms with E-state index in [1.54, 1.807) is 13.8 Å². The number of benzene rings is 2. The second-order valence-electron chi connectivity index (χ2n) is 5.98. The van der Waals surface area contributed by atoms with E-state index in [0.717, 1.165) is 6.07 Å². The molecular weight excluding hydrogens is 427 g/mol. The van der Waals surface area contributed by atoms with Crippen LogP contribution in [-0.4, -0.2) is 32.9 Å². The molecule has 1 amide bonds. The first-order chi connectivity index (χ1) is 13.1. The van der Waals surface area contributed by atoms with Crippen molar-refractivity contribution in [2.45, 2.75) is 24.8 Å². The Hall–Kier alpha value is -2.29. The second-order valence-corrected chi connectivity index (χ2v) is 8.47. The van der Waals surface area contributed by atoms with E-state index in [1.165, 1.54) is 36.4 Å². The number of rotatable bonds is 7. The minimum Gasteiger partial charge on any atom is -0.462 e. The number of esters is 1. The number of sulfonamides is 1. The number of nitrogens with one attached hydrogen (secondary N) is 2. The Labute approximate surface area is 173 Å². The maximum atomic E-state index is 12.6. The van der Waals surface area contributed by atoms with Gasteiger partial charge in [-0.25, -0.2) is 8.42 Å². The van der Waals surface area contributed by atoms with Gasteiger partial charge >= 0.3 is 5.97 Å². The minimum atomic E-state index is -4.06. The Morgan fingerprint density at radius 3 is 2.32 bits per heavy atom. The highest BCUT2D eigenvalue weighted by Crippen LogP contribution is 2.25. The molecule has 0 aliphatic carbocycles. The van der Waals surface area contributed by atoms with Crippen molar-refractivity contribution >= 4 is 50.8 Å². The third kappa shape index (κ3) is 6.12. The minimum absolute atomic E-state index is 0.0261. The maximum absolute atomic E-state index is 12.6. The fraction of sp³-hybridized carbons (Fsp3) is 0.222. The lowest BCUT2D eigenvalue weighted by Gasteiger charge is -2.12. The van der Waals surface area contributed by atoms with Crippen molar-refractivity contribution in [3.05, 3.63) is 58.1 Å². The first-order valence-electron chi connectivity index (χ1n) is 8.14. The van der Waals surface area contributed by atoms with Crippen molar-refractivity contribution in [1.82, 2.24) is 5.32 Å². The van der Waals surface area contributed by atoms with Gasteiger partial charge in [0.15, 0.2) is 0 Å². The van der Waals surface area contributed by atoms with Gasteiger partial charge in [0, 0.05) is 16.3 Å². The number of ether oxygens (including phenoxy) is 1. The number of hydrogen-bond acceptors (Lipinski definition) is 5. The first kappa shape index (κ1) is 22.0. The molecule has 2 aromatic carbocycles. The van der Waals surface area contributed by atoms with Crippen LogP contribution in [0.2, 0.25) is 10.0 Å². The number of carbonyl (C=O) groups is 2. The number of hydrogen-bond donors (Lipinski definition) is 2. The van der Waals surface area contributed by atoms with Crippen LogP contribution >= 0.6 is 23.2 Å². The highest BCUT2D eigenvalue weighted by molar-refractivity contribution is 7.92. The van der Waals surface area contributed by atoms with Crippen LogP contribution in [0.5, 0.6) is 0 Å². The molecule has 0 aliphatic heterocycles. The molecule has 10 heteroatoms. The molecule has 0 aromatic heterocycles. The van der Waals surface area contributed by atoms with E-state index in [1.807, 2.05) is 0 Å². The van der Waals surface area contributed by atoms with Crippen LogP contribution in [0, 0.1) is 0 Å². The summed E-state index contributed by atoms with van der Waals surface area (Å²) in [7, 11) is -4.06. The van der Waals surface area contributed by atoms with E-state index < -0.39 is 21.9 Å². The Balaban J connectivity index is 2.18. The van der Waals surface area contributed by atoms with Gasteiger partial charge in [-0.3, -0.25) is 14.3 Å². The second kappa shape index (κ2) is 9.27. The van der Waals surface area contributed by atoms with Crippen LogP contribution in [0.25, 0.3) is 0 Å². The van der Waals surface area contributed by atoms with Crippen molar-refractivity contribution in [2.24, 2.45) is 0 Å². The maximum Gasteiger partial charge on any atom is 0.325 e. The third-order valence-corrected chi connectivity index (χ3v) is 5.45. The summed E-state index contributed by atoms with van der Waals surface area (Å²) in [5, 5.41) is 2.77. The molecule has 2 rings (SSSR count). The van der Waals surface area contributed by atoms with E-state index in [-0.39, 0.29) is 33.8 Å². The molecular formula is C18H18Cl2N2O5S. The molecule has 0 spiro atoms. The van der Waals surface area contributed by atoms with Crippen molar-refractivity contribution in [1.29, 1.82) is 0 Å². The molecule has 2 N–H and O–H groups in total. The van der Waals surface area contributed by atoms with E-state index in [2.05, 4.69) is 10.0 Å². The van der Waals surface area contributed by atoms with Crippen LogP contribution in [0.4, 0.5) is 5.69 Å². The molecule has 7 nitrogen and oxygen atoms in total. The zero-order valence-corrected chi connectivity index (χ0v) is 17.4. The quantitative estimate of drug-likeness (QED) is 0.636. The van der Waals surface area contributed by atoms with E-state index in [4.69, 9.17) is 27.9 Å². The monoisotopic (exact) mass is 444 g/mol.